The van der Waals surface area contributed by atoms with Crippen molar-refractivity contribution in [3.8, 4) is 0 Å². The van der Waals surface area contributed by atoms with Crippen LogP contribution in [0.4, 0.5) is 0 Å². The van der Waals surface area contributed by atoms with E-state index >= 15 is 0 Å². The minimum absolute atomic E-state index is 0. The van der Waals surface area contributed by atoms with Gasteiger partial charge in [0.2, 0.25) is 0 Å². The maximum absolute atomic E-state index is 4.26. The summed E-state index contributed by atoms with van der Waals surface area (Å²) in [4.78, 5) is 0. The first kappa shape index (κ1) is 9.25. The van der Waals surface area contributed by atoms with E-state index < -0.39 is 0 Å². The molecule has 2 rings (SSSR count). The van der Waals surface area contributed by atoms with Crippen LogP contribution in [0.25, 0.3) is 10.9 Å². The number of hydrogen-bond acceptors (Lipinski definition) is 1. The van der Waals surface area contributed by atoms with Gasteiger partial charge in [-0.1, -0.05) is 26.8 Å². The number of benzene rings is 1. The molecule has 0 atom stereocenters. The second-order valence-corrected chi connectivity index (χ2v) is 3.99. The first-order valence-corrected chi connectivity index (χ1v) is 5.19. The van der Waals surface area contributed by atoms with E-state index in [1.807, 2.05) is 0 Å². The predicted molar refractivity (Wildman–Crippen MR) is 61.7 cm³/mol. The highest BCUT2D eigenvalue weighted by molar-refractivity contribution is 5.82. The van der Waals surface area contributed by atoms with Gasteiger partial charge in [0.05, 0.1) is 5.52 Å². The Labute approximate surface area is 85.8 Å². The van der Waals surface area contributed by atoms with Crippen molar-refractivity contribution in [3.05, 3.63) is 29.5 Å². The van der Waals surface area contributed by atoms with Crippen LogP contribution in [0.5, 0.6) is 0 Å². The van der Waals surface area contributed by atoms with E-state index in [0.717, 1.165) is 11.9 Å². The van der Waals surface area contributed by atoms with Gasteiger partial charge in [0.1, 0.15) is 0 Å². The molecule has 0 fully saturated rings. The lowest BCUT2D eigenvalue weighted by Crippen LogP contribution is -1.87. The number of nitrogens with zero attached hydrogens (tertiary/aromatic N) is 1. The second-order valence-electron chi connectivity index (χ2n) is 3.99. The van der Waals surface area contributed by atoms with E-state index in [1.54, 1.807) is 0 Å². The predicted octanol–water partition coefficient (Wildman–Crippen LogP) is 3.49. The highest BCUT2D eigenvalue weighted by Crippen LogP contribution is 2.22. The molecule has 0 bridgehead atoms. The number of rotatable bonds is 2. The lowest BCUT2D eigenvalue weighted by molar-refractivity contribution is 0.868. The number of H-pyrrole nitrogens is 1. The molecule has 0 unspecified atom stereocenters. The summed E-state index contributed by atoms with van der Waals surface area (Å²) in [6.07, 6.45) is 1.01. The summed E-state index contributed by atoms with van der Waals surface area (Å²) in [6.45, 7) is 6.58. The Morgan fingerprint density at radius 2 is 2.21 bits per heavy atom. The summed E-state index contributed by atoms with van der Waals surface area (Å²) in [5.41, 5.74) is 3.70. The average molecular weight is 190 g/mol. The van der Waals surface area contributed by atoms with Gasteiger partial charge in [0.15, 0.2) is 0 Å². The molecule has 1 N–H and O–H groups in total. The van der Waals surface area contributed by atoms with Gasteiger partial charge >= 0.3 is 0 Å². The molecule has 1 aromatic carbocycles. The van der Waals surface area contributed by atoms with E-state index in [1.165, 1.54) is 16.6 Å². The molecule has 0 radical (unpaired) electrons. The minimum Gasteiger partial charge on any atom is -0.281 e. The number of hydrogen-bond donors (Lipinski definition) is 1. The molecule has 0 saturated carbocycles. The number of aromatic amines is 1. The van der Waals surface area contributed by atoms with Gasteiger partial charge in [-0.05, 0) is 30.0 Å². The second kappa shape index (κ2) is 3.45. The summed E-state index contributed by atoms with van der Waals surface area (Å²) in [7, 11) is 0. The fourth-order valence-corrected chi connectivity index (χ4v) is 1.71. The Hall–Kier alpha value is -1.31. The molecule has 76 valence electrons. The highest BCUT2D eigenvalue weighted by Gasteiger charge is 2.05. The molecule has 0 aliphatic heterocycles. The van der Waals surface area contributed by atoms with Crippen LogP contribution in [0, 0.1) is 0 Å². The third kappa shape index (κ3) is 1.41. The normalized spacial score (nSPS) is 11.4. The van der Waals surface area contributed by atoms with E-state index in [-0.39, 0.29) is 1.43 Å². The van der Waals surface area contributed by atoms with Gasteiger partial charge in [-0.3, -0.25) is 5.10 Å². The Morgan fingerprint density at radius 1 is 1.43 bits per heavy atom. The van der Waals surface area contributed by atoms with E-state index in [0.29, 0.717) is 5.92 Å². The highest BCUT2D eigenvalue weighted by atomic mass is 15.1. The fourth-order valence-electron chi connectivity index (χ4n) is 1.71. The topological polar surface area (TPSA) is 28.7 Å². The summed E-state index contributed by atoms with van der Waals surface area (Å²) in [6, 6.07) is 6.51. The summed E-state index contributed by atoms with van der Waals surface area (Å²) in [5, 5.41) is 8.62. The van der Waals surface area contributed by atoms with E-state index in [4.69, 9.17) is 0 Å². The van der Waals surface area contributed by atoms with E-state index in [9.17, 15) is 0 Å². The first-order chi connectivity index (χ1) is 6.72. The lowest BCUT2D eigenvalue weighted by atomic mass is 10.0. The SMILES string of the molecule is CCc1[nH]nc2ccc(C(C)C)cc12.[HH]. The molecular weight excluding hydrogens is 172 g/mol. The van der Waals surface area contributed by atoms with Gasteiger partial charge in [-0.15, -0.1) is 0 Å². The van der Waals surface area contributed by atoms with Gasteiger partial charge in [0, 0.05) is 12.5 Å². The lowest BCUT2D eigenvalue weighted by Gasteiger charge is -2.04. The van der Waals surface area contributed by atoms with E-state index in [2.05, 4.69) is 49.2 Å². The molecule has 1 aromatic heterocycles. The molecule has 2 heteroatoms. The fraction of sp³-hybridized carbons (Fsp3) is 0.417. The van der Waals surface area contributed by atoms with Gasteiger partial charge in [-0.2, -0.15) is 5.10 Å². The van der Waals surface area contributed by atoms with Crippen LogP contribution in [0.15, 0.2) is 18.2 Å². The van der Waals surface area contributed by atoms with Crippen molar-refractivity contribution in [2.45, 2.75) is 33.1 Å². The third-order valence-electron chi connectivity index (χ3n) is 2.68. The average Bonchev–Trinajstić information content (AvgIpc) is 2.59. The number of aromatic nitrogens is 2. The van der Waals surface area contributed by atoms with Crippen molar-refractivity contribution in [1.82, 2.24) is 10.2 Å². The maximum Gasteiger partial charge on any atom is 0.0923 e. The molecule has 0 saturated heterocycles. The van der Waals surface area contributed by atoms with Crippen LogP contribution >= 0.6 is 0 Å². The summed E-state index contributed by atoms with van der Waals surface area (Å²) >= 11 is 0. The smallest absolute Gasteiger partial charge is 0.0923 e. The molecule has 0 aliphatic carbocycles. The zero-order valence-corrected chi connectivity index (χ0v) is 8.96. The van der Waals surface area contributed by atoms with Crippen molar-refractivity contribution in [2.75, 3.05) is 0 Å². The maximum atomic E-state index is 4.26. The van der Waals surface area contributed by atoms with Crippen molar-refractivity contribution >= 4 is 10.9 Å². The van der Waals surface area contributed by atoms with Crippen LogP contribution in [0.3, 0.4) is 0 Å². The first-order valence-electron chi connectivity index (χ1n) is 5.19. The zero-order chi connectivity index (χ0) is 10.1. The number of fused-ring (bicyclic) bond motifs is 1. The van der Waals surface area contributed by atoms with Crippen LogP contribution < -0.4 is 0 Å². The van der Waals surface area contributed by atoms with Crippen LogP contribution in [-0.4, -0.2) is 10.2 Å². The molecule has 0 spiro atoms. The molecule has 1 heterocycles. The largest absolute Gasteiger partial charge is 0.281 e. The summed E-state index contributed by atoms with van der Waals surface area (Å²) < 4.78 is 0. The summed E-state index contributed by atoms with van der Waals surface area (Å²) in [5.74, 6) is 0.582. The van der Waals surface area contributed by atoms with Crippen LogP contribution in [-0.2, 0) is 6.42 Å². The number of aryl methyl sites for hydroxylation is 1. The van der Waals surface area contributed by atoms with Crippen molar-refractivity contribution < 1.29 is 1.43 Å². The van der Waals surface area contributed by atoms with Gasteiger partial charge in [-0.25, -0.2) is 0 Å². The van der Waals surface area contributed by atoms with Crippen LogP contribution in [0.1, 0.15) is 39.4 Å². The van der Waals surface area contributed by atoms with Crippen molar-refractivity contribution in [2.24, 2.45) is 0 Å². The molecule has 2 aromatic rings. The number of nitrogens with one attached hydrogen (secondary N) is 1. The monoisotopic (exact) mass is 190 g/mol. The Balaban J connectivity index is 0.00000112. The van der Waals surface area contributed by atoms with Gasteiger partial charge < -0.3 is 0 Å². The van der Waals surface area contributed by atoms with Crippen molar-refractivity contribution in [1.29, 1.82) is 0 Å². The Bertz CT molecular complexity index is 446. The third-order valence-corrected chi connectivity index (χ3v) is 2.68. The molecule has 14 heavy (non-hydrogen) atoms. The van der Waals surface area contributed by atoms with Crippen LogP contribution in [0.2, 0.25) is 0 Å². The molecular formula is C12H18N2. The van der Waals surface area contributed by atoms with Crippen molar-refractivity contribution in [3.63, 3.8) is 0 Å². The minimum atomic E-state index is 0. The molecule has 2 nitrogen and oxygen atoms in total. The quantitative estimate of drug-likeness (QED) is 0.771. The van der Waals surface area contributed by atoms with Gasteiger partial charge in [0.25, 0.3) is 0 Å². The molecule has 0 amide bonds. The Kier molecular flexibility index (Phi) is 2.28. The molecule has 0 aliphatic rings. The zero-order valence-electron chi connectivity index (χ0n) is 8.96. The Morgan fingerprint density at radius 3 is 2.86 bits per heavy atom. The standard InChI is InChI=1S/C12H16N2.H2/c1-4-11-10-7-9(8(2)3)5-6-12(10)14-13-11;/h5-8H,4H2,1-3H3,(H,13,14);1H.